The van der Waals surface area contributed by atoms with Crippen LogP contribution in [0.15, 0.2) is 0 Å². The first kappa shape index (κ1) is 26.3. The van der Waals surface area contributed by atoms with E-state index in [0.29, 0.717) is 16.7 Å². The molecule has 34 heavy (non-hydrogen) atoms. The van der Waals surface area contributed by atoms with Crippen LogP contribution in [-0.4, -0.2) is 12.2 Å². The molecule has 196 valence electrons. The molecule has 4 saturated carbocycles. The first-order valence-corrected chi connectivity index (χ1v) is 15.2. The van der Waals surface area contributed by atoms with Crippen molar-refractivity contribution >= 4 is 6.09 Å². The third-order valence-corrected chi connectivity index (χ3v) is 12.1. The lowest BCUT2D eigenvalue weighted by Crippen LogP contribution is -2.53. The van der Waals surface area contributed by atoms with Crippen molar-refractivity contribution in [2.75, 3.05) is 0 Å². The van der Waals surface area contributed by atoms with Crippen LogP contribution in [-0.2, 0) is 4.74 Å². The van der Waals surface area contributed by atoms with Crippen molar-refractivity contribution in [3.05, 3.63) is 0 Å². The van der Waals surface area contributed by atoms with Gasteiger partial charge in [-0.05, 0) is 116 Å². The fraction of sp³-hybridized carbons (Fsp3) is 0.968. The molecule has 0 saturated heterocycles. The first-order chi connectivity index (χ1) is 16.2. The number of rotatable bonds is 9. The highest BCUT2D eigenvalue weighted by Crippen LogP contribution is 2.68. The fourth-order valence-electron chi connectivity index (χ4n) is 10.3. The van der Waals surface area contributed by atoms with Crippen LogP contribution in [0.25, 0.3) is 0 Å². The number of hydrogen-bond acceptors (Lipinski definition) is 2. The lowest BCUT2D eigenvalue weighted by Gasteiger charge is -2.61. The molecule has 4 aliphatic rings. The molecule has 3 heteroatoms. The van der Waals surface area contributed by atoms with E-state index in [1.54, 1.807) is 0 Å². The van der Waals surface area contributed by atoms with Gasteiger partial charge in [0.2, 0.25) is 0 Å². The van der Waals surface area contributed by atoms with Gasteiger partial charge in [-0.2, -0.15) is 0 Å². The zero-order valence-corrected chi connectivity index (χ0v) is 23.1. The third kappa shape index (κ3) is 4.93. The zero-order chi connectivity index (χ0) is 24.5. The molecule has 4 rings (SSSR count). The van der Waals surface area contributed by atoms with Gasteiger partial charge in [0.1, 0.15) is 6.10 Å². The normalized spacial score (nSPS) is 42.1. The quantitative estimate of drug-likeness (QED) is 0.364. The van der Waals surface area contributed by atoms with E-state index in [4.69, 9.17) is 10.5 Å². The Balaban J connectivity index is 1.34. The van der Waals surface area contributed by atoms with Crippen LogP contribution in [0.4, 0.5) is 4.79 Å². The molecule has 0 aromatic heterocycles. The number of carbonyl (C=O) groups excluding carboxylic acids is 1. The molecule has 0 spiro atoms. The number of nitrogens with two attached hydrogens (primary N) is 1. The van der Waals surface area contributed by atoms with Crippen LogP contribution in [0.5, 0.6) is 0 Å². The monoisotopic (exact) mass is 473 g/mol. The molecule has 3 nitrogen and oxygen atoms in total. The average molecular weight is 474 g/mol. The Kier molecular flexibility index (Phi) is 8.30. The summed E-state index contributed by atoms with van der Waals surface area (Å²) in [6, 6.07) is 0. The van der Waals surface area contributed by atoms with Gasteiger partial charge in [-0.25, -0.2) is 4.79 Å². The Morgan fingerprint density at radius 2 is 1.68 bits per heavy atom. The minimum absolute atomic E-state index is 0.0160. The number of fused-ring (bicyclic) bond motifs is 5. The SMILES string of the molecule is CCCC(OC(N)=O)C(C)CCC[C@@H](C)[C@H]1CC[C@H]2[C@@H]3CCC4CCCC[C@]4(C)[C@H]3CC[C@]12C. The van der Waals surface area contributed by atoms with Crippen LogP contribution in [0.2, 0.25) is 0 Å². The molecule has 0 aromatic carbocycles. The second-order valence-electron chi connectivity index (χ2n) is 13.8. The summed E-state index contributed by atoms with van der Waals surface area (Å²) < 4.78 is 5.43. The lowest BCUT2D eigenvalue weighted by atomic mass is 9.44. The van der Waals surface area contributed by atoms with E-state index in [0.717, 1.165) is 54.8 Å². The van der Waals surface area contributed by atoms with E-state index < -0.39 is 6.09 Å². The maximum Gasteiger partial charge on any atom is 0.404 e. The van der Waals surface area contributed by atoms with E-state index in [1.807, 2.05) is 0 Å². The van der Waals surface area contributed by atoms with Crippen LogP contribution in [0.3, 0.4) is 0 Å². The minimum Gasteiger partial charge on any atom is -0.446 e. The summed E-state index contributed by atoms with van der Waals surface area (Å²) in [4.78, 5) is 11.3. The fourth-order valence-corrected chi connectivity index (χ4v) is 10.3. The maximum atomic E-state index is 11.3. The molecule has 0 heterocycles. The molecule has 2 N–H and O–H groups in total. The summed E-state index contributed by atoms with van der Waals surface area (Å²) in [5.41, 5.74) is 6.56. The van der Waals surface area contributed by atoms with Crippen molar-refractivity contribution in [3.63, 3.8) is 0 Å². The summed E-state index contributed by atoms with van der Waals surface area (Å²) in [7, 11) is 0. The summed E-state index contributed by atoms with van der Waals surface area (Å²) in [5.74, 6) is 6.14. The summed E-state index contributed by atoms with van der Waals surface area (Å²) in [6.07, 6.45) is 20.0. The van der Waals surface area contributed by atoms with Gasteiger partial charge in [0.25, 0.3) is 0 Å². The Hall–Kier alpha value is -0.730. The third-order valence-electron chi connectivity index (χ3n) is 12.1. The predicted octanol–water partition coefficient (Wildman–Crippen LogP) is 8.74. The highest BCUT2D eigenvalue weighted by Gasteiger charge is 2.60. The van der Waals surface area contributed by atoms with Gasteiger partial charge < -0.3 is 10.5 Å². The molecule has 1 amide bonds. The predicted molar refractivity (Wildman–Crippen MR) is 141 cm³/mol. The van der Waals surface area contributed by atoms with Gasteiger partial charge in [0, 0.05) is 0 Å². The van der Waals surface area contributed by atoms with Gasteiger partial charge in [-0.3, -0.25) is 0 Å². The van der Waals surface area contributed by atoms with E-state index in [2.05, 4.69) is 34.6 Å². The van der Waals surface area contributed by atoms with Crippen molar-refractivity contribution in [1.29, 1.82) is 0 Å². The van der Waals surface area contributed by atoms with Crippen LogP contribution >= 0.6 is 0 Å². The van der Waals surface area contributed by atoms with Crippen molar-refractivity contribution < 1.29 is 9.53 Å². The number of carbonyl (C=O) groups is 1. The van der Waals surface area contributed by atoms with E-state index in [-0.39, 0.29) is 6.10 Å². The topological polar surface area (TPSA) is 52.3 Å². The van der Waals surface area contributed by atoms with Crippen molar-refractivity contribution in [3.8, 4) is 0 Å². The standard InChI is InChI=1S/C31H55NO2/c1-6-10-28(34-29(32)33)22(3)12-9-11-21(2)25-16-17-26-24-15-14-23-13-7-8-19-30(23,4)27(24)18-20-31(25,26)5/h21-28H,6-20H2,1-5H3,(H2,32,33)/t21-,22?,23?,24+,25-,26+,27+,28?,30+,31-/m1/s1. The summed E-state index contributed by atoms with van der Waals surface area (Å²) >= 11 is 0. The smallest absolute Gasteiger partial charge is 0.404 e. The van der Waals surface area contributed by atoms with Crippen LogP contribution < -0.4 is 5.73 Å². The van der Waals surface area contributed by atoms with Crippen LogP contribution in [0, 0.1) is 52.3 Å². The highest BCUT2D eigenvalue weighted by molar-refractivity contribution is 5.64. The minimum atomic E-state index is -0.615. The molecule has 0 aromatic rings. The second kappa shape index (κ2) is 10.7. The van der Waals surface area contributed by atoms with Gasteiger partial charge >= 0.3 is 6.09 Å². The molecular weight excluding hydrogens is 418 g/mol. The summed E-state index contributed by atoms with van der Waals surface area (Å²) in [6.45, 7) is 12.4. The zero-order valence-electron chi connectivity index (χ0n) is 23.1. The Morgan fingerprint density at radius 3 is 2.41 bits per heavy atom. The second-order valence-corrected chi connectivity index (χ2v) is 13.8. The molecule has 4 aliphatic carbocycles. The number of primary amides is 1. The van der Waals surface area contributed by atoms with Gasteiger partial charge in [-0.1, -0.05) is 66.7 Å². The molecule has 0 radical (unpaired) electrons. The molecular formula is C31H55NO2. The molecule has 4 fully saturated rings. The number of amides is 1. The Bertz CT molecular complexity index is 693. The molecule has 10 atom stereocenters. The van der Waals surface area contributed by atoms with Gasteiger partial charge in [-0.15, -0.1) is 0 Å². The van der Waals surface area contributed by atoms with Crippen molar-refractivity contribution in [1.82, 2.24) is 0 Å². The Morgan fingerprint density at radius 1 is 0.912 bits per heavy atom. The Labute approximate surface area is 210 Å². The summed E-state index contributed by atoms with van der Waals surface area (Å²) in [5, 5.41) is 0. The van der Waals surface area contributed by atoms with Crippen LogP contribution in [0.1, 0.15) is 131 Å². The van der Waals surface area contributed by atoms with E-state index in [9.17, 15) is 4.79 Å². The van der Waals surface area contributed by atoms with Gasteiger partial charge in [0.05, 0.1) is 0 Å². The molecule has 0 bridgehead atoms. The van der Waals surface area contributed by atoms with Crippen molar-refractivity contribution in [2.24, 2.45) is 58.0 Å². The molecule has 3 unspecified atom stereocenters. The van der Waals surface area contributed by atoms with E-state index in [1.165, 1.54) is 77.0 Å². The average Bonchev–Trinajstić information content (AvgIpc) is 3.15. The lowest BCUT2D eigenvalue weighted by molar-refractivity contribution is -0.114. The number of ether oxygens (including phenoxy) is 1. The maximum absolute atomic E-state index is 11.3. The van der Waals surface area contributed by atoms with Gasteiger partial charge in [0.15, 0.2) is 0 Å². The van der Waals surface area contributed by atoms with Crippen molar-refractivity contribution in [2.45, 2.75) is 137 Å². The van der Waals surface area contributed by atoms with E-state index >= 15 is 0 Å². The highest BCUT2D eigenvalue weighted by atomic mass is 16.6. The molecule has 0 aliphatic heterocycles. The first-order valence-electron chi connectivity index (χ1n) is 15.2. The number of hydrogen-bond donors (Lipinski definition) is 1. The largest absolute Gasteiger partial charge is 0.446 e.